The predicted molar refractivity (Wildman–Crippen MR) is 47.5 cm³/mol. The Kier molecular flexibility index (Phi) is 2.47. The van der Waals surface area contributed by atoms with Gasteiger partial charge in [-0.05, 0) is 20.3 Å². The first-order valence-electron chi connectivity index (χ1n) is 3.99. The van der Waals surface area contributed by atoms with E-state index in [1.165, 1.54) is 5.22 Å². The Morgan fingerprint density at radius 1 is 1.36 bits per heavy atom. The predicted octanol–water partition coefficient (Wildman–Crippen LogP) is 0.573. The van der Waals surface area contributed by atoms with Crippen molar-refractivity contribution in [3.05, 3.63) is 16.3 Å². The zero-order valence-corrected chi connectivity index (χ0v) is 7.31. The fourth-order valence-electron chi connectivity index (χ4n) is 1.22. The third-order valence-corrected chi connectivity index (χ3v) is 1.82. The van der Waals surface area contributed by atoms with Gasteiger partial charge in [0, 0.05) is 5.22 Å². The van der Waals surface area contributed by atoms with Gasteiger partial charge in [0.2, 0.25) is 0 Å². The Bertz CT molecular complexity index is 333. The van der Waals surface area contributed by atoms with Crippen molar-refractivity contribution in [1.82, 2.24) is 10.2 Å². The van der Waals surface area contributed by atoms with Crippen molar-refractivity contribution in [2.24, 2.45) is 0 Å². The third kappa shape index (κ3) is 1.34. The van der Waals surface area contributed by atoms with Crippen molar-refractivity contribution in [3.63, 3.8) is 0 Å². The summed E-state index contributed by atoms with van der Waals surface area (Å²) in [6.07, 6.45) is 5.13. The van der Waals surface area contributed by atoms with Gasteiger partial charge in [-0.1, -0.05) is 19.1 Å². The summed E-state index contributed by atoms with van der Waals surface area (Å²) < 4.78 is 0. The van der Waals surface area contributed by atoms with E-state index in [2.05, 4.69) is 23.2 Å². The van der Waals surface area contributed by atoms with Crippen LogP contribution in [0, 0.1) is 0 Å². The van der Waals surface area contributed by atoms with E-state index < -0.39 is 0 Å². The van der Waals surface area contributed by atoms with E-state index in [1.807, 2.05) is 19.9 Å². The van der Waals surface area contributed by atoms with Crippen molar-refractivity contribution in [2.75, 3.05) is 0 Å². The van der Waals surface area contributed by atoms with Gasteiger partial charge in [-0.25, -0.2) is 0 Å². The van der Waals surface area contributed by atoms with Crippen LogP contribution in [0.2, 0.25) is 0 Å². The second-order valence-electron chi connectivity index (χ2n) is 2.43. The molecule has 0 saturated heterocycles. The highest BCUT2D eigenvalue weighted by atomic mass is 15.1. The van der Waals surface area contributed by atoms with E-state index >= 15 is 0 Å². The van der Waals surface area contributed by atoms with Crippen LogP contribution in [0.1, 0.15) is 26.5 Å². The minimum Gasteiger partial charge on any atom is -0.278 e. The summed E-state index contributed by atoms with van der Waals surface area (Å²) in [6, 6.07) is 0. The highest BCUT2D eigenvalue weighted by molar-refractivity contribution is 5.27. The monoisotopic (exact) mass is 150 g/mol. The normalized spacial score (nSPS) is 14.5. The molecular formula is C9H14N2. The number of aryl methyl sites for hydroxylation is 1. The van der Waals surface area contributed by atoms with Crippen molar-refractivity contribution < 1.29 is 0 Å². The maximum Gasteiger partial charge on any atom is 0.0694 e. The molecule has 0 atom stereocenters. The van der Waals surface area contributed by atoms with Gasteiger partial charge in [0.25, 0.3) is 0 Å². The fourth-order valence-corrected chi connectivity index (χ4v) is 1.22. The molecule has 1 N–H and O–H groups in total. The molecule has 1 rings (SSSR count). The van der Waals surface area contributed by atoms with E-state index in [9.17, 15) is 0 Å². The molecule has 1 aromatic rings. The smallest absolute Gasteiger partial charge is 0.0694 e. The Morgan fingerprint density at radius 3 is 2.55 bits per heavy atom. The third-order valence-electron chi connectivity index (χ3n) is 1.82. The Morgan fingerprint density at radius 2 is 2.09 bits per heavy atom. The molecule has 1 heterocycles. The number of H-pyrrole nitrogens is 1. The lowest BCUT2D eigenvalue weighted by Gasteiger charge is -1.82. The lowest BCUT2D eigenvalue weighted by molar-refractivity contribution is 0.963. The maximum atomic E-state index is 4.19. The lowest BCUT2D eigenvalue weighted by Crippen LogP contribution is -2.23. The number of hydrogen-bond donors (Lipinski definition) is 1. The van der Waals surface area contributed by atoms with Gasteiger partial charge in [-0.15, -0.1) is 0 Å². The highest BCUT2D eigenvalue weighted by Gasteiger charge is 1.95. The molecule has 0 aliphatic rings. The molecule has 0 aliphatic carbocycles. The Balaban J connectivity index is 3.46. The second-order valence-corrected chi connectivity index (χ2v) is 2.43. The van der Waals surface area contributed by atoms with Crippen LogP contribution in [-0.2, 0) is 6.42 Å². The van der Waals surface area contributed by atoms with E-state index in [0.717, 1.165) is 17.5 Å². The van der Waals surface area contributed by atoms with Crippen LogP contribution >= 0.6 is 0 Å². The molecule has 0 bridgehead atoms. The average Bonchev–Trinajstić information content (AvgIpc) is 2.45. The van der Waals surface area contributed by atoms with E-state index in [1.54, 1.807) is 0 Å². The number of hydrogen-bond acceptors (Lipinski definition) is 1. The largest absolute Gasteiger partial charge is 0.278 e. The van der Waals surface area contributed by atoms with Gasteiger partial charge in [0.05, 0.1) is 11.0 Å². The molecule has 0 fully saturated rings. The molecule has 0 aliphatic heterocycles. The number of rotatable bonds is 1. The SMILES string of the molecule is CC=c1[nH]nc(CC)c1=CC. The molecule has 0 radical (unpaired) electrons. The minimum absolute atomic E-state index is 0.990. The average molecular weight is 150 g/mol. The van der Waals surface area contributed by atoms with Crippen LogP contribution in [0.5, 0.6) is 0 Å². The standard InChI is InChI=1S/C9H14N2/c1-4-7-8(5-2)10-11-9(7)6-3/h4-5,10H,6H2,1-3H3. The first-order valence-corrected chi connectivity index (χ1v) is 3.99. The quantitative estimate of drug-likeness (QED) is 0.623. The Labute approximate surface area is 66.6 Å². The van der Waals surface area contributed by atoms with Crippen molar-refractivity contribution in [2.45, 2.75) is 27.2 Å². The van der Waals surface area contributed by atoms with Gasteiger partial charge in [0.15, 0.2) is 0 Å². The lowest BCUT2D eigenvalue weighted by atomic mass is 10.2. The molecule has 0 aromatic carbocycles. The van der Waals surface area contributed by atoms with Crippen molar-refractivity contribution in [1.29, 1.82) is 0 Å². The van der Waals surface area contributed by atoms with Crippen LogP contribution in [0.25, 0.3) is 12.2 Å². The zero-order valence-electron chi connectivity index (χ0n) is 7.31. The summed E-state index contributed by atoms with van der Waals surface area (Å²) in [7, 11) is 0. The van der Waals surface area contributed by atoms with Crippen LogP contribution in [0.15, 0.2) is 0 Å². The molecular weight excluding hydrogens is 136 g/mol. The molecule has 0 saturated carbocycles. The van der Waals surface area contributed by atoms with Crippen molar-refractivity contribution in [3.8, 4) is 0 Å². The topological polar surface area (TPSA) is 28.7 Å². The molecule has 0 spiro atoms. The van der Waals surface area contributed by atoms with Gasteiger partial charge in [0.1, 0.15) is 0 Å². The summed E-state index contributed by atoms with van der Waals surface area (Å²) in [5, 5.41) is 9.55. The van der Waals surface area contributed by atoms with Crippen LogP contribution in [-0.4, -0.2) is 10.2 Å². The molecule has 1 aromatic heterocycles. The van der Waals surface area contributed by atoms with Gasteiger partial charge < -0.3 is 0 Å². The van der Waals surface area contributed by atoms with Crippen LogP contribution in [0.3, 0.4) is 0 Å². The molecule has 0 amide bonds. The van der Waals surface area contributed by atoms with Gasteiger partial charge in [-0.3, -0.25) is 5.10 Å². The summed E-state index contributed by atoms with van der Waals surface area (Å²) >= 11 is 0. The number of nitrogens with zero attached hydrogens (tertiary/aromatic N) is 1. The summed E-state index contributed by atoms with van der Waals surface area (Å²) in [6.45, 7) is 6.17. The minimum atomic E-state index is 0.990. The second kappa shape index (κ2) is 3.37. The van der Waals surface area contributed by atoms with E-state index in [-0.39, 0.29) is 0 Å². The van der Waals surface area contributed by atoms with Gasteiger partial charge >= 0.3 is 0 Å². The zero-order chi connectivity index (χ0) is 8.27. The van der Waals surface area contributed by atoms with Gasteiger partial charge in [-0.2, -0.15) is 5.10 Å². The summed E-state index contributed by atoms with van der Waals surface area (Å²) in [5.41, 5.74) is 1.15. The molecule has 60 valence electrons. The number of aromatic nitrogens is 2. The summed E-state index contributed by atoms with van der Waals surface area (Å²) in [5.74, 6) is 0. The molecule has 2 heteroatoms. The molecule has 0 unspecified atom stereocenters. The van der Waals surface area contributed by atoms with Crippen LogP contribution < -0.4 is 10.6 Å². The maximum absolute atomic E-state index is 4.19. The van der Waals surface area contributed by atoms with Crippen molar-refractivity contribution >= 4 is 12.2 Å². The highest BCUT2D eigenvalue weighted by Crippen LogP contribution is 1.80. The first kappa shape index (κ1) is 8.05. The van der Waals surface area contributed by atoms with E-state index in [0.29, 0.717) is 0 Å². The molecule has 2 nitrogen and oxygen atoms in total. The Hall–Kier alpha value is -1.05. The first-order chi connectivity index (χ1) is 5.33. The number of nitrogens with one attached hydrogen (secondary N) is 1. The summed E-state index contributed by atoms with van der Waals surface area (Å²) in [4.78, 5) is 0. The molecule has 11 heavy (non-hydrogen) atoms. The number of aromatic amines is 1. The van der Waals surface area contributed by atoms with Crippen LogP contribution in [0.4, 0.5) is 0 Å². The van der Waals surface area contributed by atoms with E-state index in [4.69, 9.17) is 0 Å². The fraction of sp³-hybridized carbons (Fsp3) is 0.444.